The molecule has 0 saturated carbocycles. The highest BCUT2D eigenvalue weighted by atomic mass is 32.1. The lowest BCUT2D eigenvalue weighted by Gasteiger charge is -2.24. The van der Waals surface area contributed by atoms with Crippen molar-refractivity contribution in [3.05, 3.63) is 86.5 Å². The van der Waals surface area contributed by atoms with Crippen molar-refractivity contribution in [1.29, 1.82) is 0 Å². The van der Waals surface area contributed by atoms with Crippen LogP contribution in [0, 0.1) is 4.51 Å². The summed E-state index contributed by atoms with van der Waals surface area (Å²) in [6, 6.07) is 17.2. The summed E-state index contributed by atoms with van der Waals surface area (Å²) in [4.78, 5) is 37.2. The number of hydrogen-bond donors (Lipinski definition) is 2. The third kappa shape index (κ3) is 5.39. The number of carbonyl (C=O) groups excluding carboxylic acids is 2. The normalized spacial score (nSPS) is 12.6. The summed E-state index contributed by atoms with van der Waals surface area (Å²) < 4.78 is 9.89. The van der Waals surface area contributed by atoms with Crippen LogP contribution in [0.4, 0.5) is 11.4 Å². The Morgan fingerprint density at radius 1 is 0.781 bits per heavy atom. The highest BCUT2D eigenvalue weighted by molar-refractivity contribution is 7.71. The molecule has 0 amide bonds. The van der Waals surface area contributed by atoms with Crippen LogP contribution in [0.15, 0.2) is 65.5 Å². The number of esters is 2. The van der Waals surface area contributed by atoms with E-state index in [0.717, 1.165) is 11.1 Å². The van der Waals surface area contributed by atoms with Crippen LogP contribution in [0.2, 0.25) is 0 Å². The van der Waals surface area contributed by atoms with Gasteiger partial charge >= 0.3 is 11.9 Å². The van der Waals surface area contributed by atoms with Crippen molar-refractivity contribution >= 4 is 35.5 Å². The minimum absolute atomic E-state index is 0.0674. The average Bonchev–Trinajstić information content (AvgIpc) is 2.84. The van der Waals surface area contributed by atoms with Gasteiger partial charge < -0.3 is 20.1 Å². The first kappa shape index (κ1) is 23.1. The summed E-state index contributed by atoms with van der Waals surface area (Å²) in [5.74, 6) is -1.00. The quantitative estimate of drug-likeness (QED) is 0.358. The van der Waals surface area contributed by atoms with Crippen molar-refractivity contribution in [2.45, 2.75) is 24.9 Å². The predicted octanol–water partition coefficient (Wildman–Crippen LogP) is 3.04. The first-order valence-electron chi connectivity index (χ1n) is 10.0. The Morgan fingerprint density at radius 2 is 1.19 bits per heavy atom. The second kappa shape index (κ2) is 10.7. The average molecular weight is 453 g/mol. The smallest absolute Gasteiger partial charge is 0.328 e. The van der Waals surface area contributed by atoms with E-state index in [1.807, 2.05) is 60.7 Å². The van der Waals surface area contributed by atoms with Gasteiger partial charge in [-0.25, -0.2) is 9.59 Å². The monoisotopic (exact) mass is 452 g/mol. The molecule has 0 bridgehead atoms. The molecule has 0 fully saturated rings. The number of ether oxygens (including phenoxy) is 2. The first-order valence-corrected chi connectivity index (χ1v) is 10.4. The molecule has 3 aromatic rings. The number of anilines is 2. The summed E-state index contributed by atoms with van der Waals surface area (Å²) >= 11 is 5.21. The Kier molecular flexibility index (Phi) is 7.72. The van der Waals surface area contributed by atoms with Crippen molar-refractivity contribution in [1.82, 2.24) is 0 Å². The lowest BCUT2D eigenvalue weighted by atomic mass is 10.0. The minimum Gasteiger partial charge on any atom is -0.467 e. The summed E-state index contributed by atoms with van der Waals surface area (Å²) in [7, 11) is 2.59. The van der Waals surface area contributed by atoms with Gasteiger partial charge in [0, 0.05) is 12.8 Å². The molecular weight excluding hydrogens is 428 g/mol. The van der Waals surface area contributed by atoms with Crippen LogP contribution in [0.5, 0.6) is 0 Å². The zero-order chi connectivity index (χ0) is 23.1. The fourth-order valence-corrected chi connectivity index (χ4v) is 3.65. The predicted molar refractivity (Wildman–Crippen MR) is 125 cm³/mol. The van der Waals surface area contributed by atoms with E-state index >= 15 is 0 Å². The summed E-state index contributed by atoms with van der Waals surface area (Å²) in [5.41, 5.74) is 1.89. The molecular formula is C24H24N2O5S. The Labute approximate surface area is 191 Å². The largest absolute Gasteiger partial charge is 0.467 e. The van der Waals surface area contributed by atoms with Crippen LogP contribution >= 0.6 is 12.2 Å². The zero-order valence-corrected chi connectivity index (χ0v) is 18.6. The molecule has 0 spiro atoms. The van der Waals surface area contributed by atoms with E-state index in [9.17, 15) is 14.4 Å². The first-order chi connectivity index (χ1) is 15.4. The SMILES string of the molecule is COC(=O)[C@H](Cc1ccccc1)Nc1c(N[C@@H](Cc2ccccc2)C(=O)OC)c(=S)c1=O. The van der Waals surface area contributed by atoms with Crippen molar-refractivity contribution in [3.63, 3.8) is 0 Å². The summed E-state index contributed by atoms with van der Waals surface area (Å²) in [6.07, 6.45) is 0.653. The van der Waals surface area contributed by atoms with E-state index in [2.05, 4.69) is 10.6 Å². The number of carbonyl (C=O) groups is 2. The molecule has 0 saturated heterocycles. The fraction of sp³-hybridized carbons (Fsp3) is 0.250. The van der Waals surface area contributed by atoms with Crippen molar-refractivity contribution in [2.24, 2.45) is 0 Å². The maximum Gasteiger partial charge on any atom is 0.328 e. The van der Waals surface area contributed by atoms with Crippen LogP contribution in [0.3, 0.4) is 0 Å². The number of benzene rings is 2. The van der Waals surface area contributed by atoms with Gasteiger partial charge in [-0.3, -0.25) is 4.79 Å². The molecule has 0 aliphatic heterocycles. The van der Waals surface area contributed by atoms with E-state index in [1.54, 1.807) is 0 Å². The maximum absolute atomic E-state index is 12.5. The van der Waals surface area contributed by atoms with E-state index in [4.69, 9.17) is 21.7 Å². The maximum atomic E-state index is 12.5. The van der Waals surface area contributed by atoms with Gasteiger partial charge in [-0.15, -0.1) is 0 Å². The standard InChI is InChI=1S/C24H24N2O5S/c1-30-23(28)17(13-15-9-5-3-6-10-15)25-19-20(22(32)21(19)27)26-18(24(29)31-2)14-16-11-7-4-8-12-16/h3-12,17-18,25-26H,13-14H2,1-2H3/t17-,18-/m0/s1. The van der Waals surface area contributed by atoms with Gasteiger partial charge in [0.05, 0.1) is 19.9 Å². The Hall–Kier alpha value is -3.52. The van der Waals surface area contributed by atoms with Crippen LogP contribution in [-0.4, -0.2) is 38.2 Å². The molecule has 0 radical (unpaired) electrons. The van der Waals surface area contributed by atoms with E-state index in [0.29, 0.717) is 18.5 Å². The lowest BCUT2D eigenvalue weighted by Crippen LogP contribution is -2.39. The second-order valence-electron chi connectivity index (χ2n) is 7.23. The molecule has 0 aromatic heterocycles. The molecule has 8 heteroatoms. The Balaban J connectivity index is 1.83. The van der Waals surface area contributed by atoms with Crippen LogP contribution in [0.1, 0.15) is 11.1 Å². The molecule has 0 heterocycles. The lowest BCUT2D eigenvalue weighted by molar-refractivity contribution is -0.142. The second-order valence-corrected chi connectivity index (χ2v) is 7.64. The highest BCUT2D eigenvalue weighted by Gasteiger charge is 2.29. The van der Waals surface area contributed by atoms with Crippen LogP contribution in [0.25, 0.3) is 0 Å². The van der Waals surface area contributed by atoms with Gasteiger partial charge in [0.15, 0.2) is 0 Å². The van der Waals surface area contributed by atoms with Gasteiger partial charge in [0.1, 0.15) is 22.3 Å². The number of methoxy groups -OCH3 is 2. The Bertz CT molecular complexity index is 1050. The molecule has 2 atom stereocenters. The van der Waals surface area contributed by atoms with Gasteiger partial charge in [0.2, 0.25) is 5.43 Å². The van der Waals surface area contributed by atoms with Gasteiger partial charge in [-0.05, 0) is 11.1 Å². The molecule has 0 aliphatic rings. The van der Waals surface area contributed by atoms with E-state index in [1.165, 1.54) is 14.2 Å². The van der Waals surface area contributed by atoms with Gasteiger partial charge in [-0.1, -0.05) is 72.9 Å². The highest BCUT2D eigenvalue weighted by Crippen LogP contribution is 2.26. The van der Waals surface area contributed by atoms with Gasteiger partial charge in [0.25, 0.3) is 0 Å². The minimum atomic E-state index is -0.799. The van der Waals surface area contributed by atoms with Gasteiger partial charge in [-0.2, -0.15) is 0 Å². The number of rotatable bonds is 10. The molecule has 7 nitrogen and oxygen atoms in total. The summed E-state index contributed by atoms with van der Waals surface area (Å²) in [6.45, 7) is 0. The molecule has 2 N–H and O–H groups in total. The van der Waals surface area contributed by atoms with Crippen LogP contribution in [-0.2, 0) is 31.9 Å². The summed E-state index contributed by atoms with van der Waals surface area (Å²) in [5, 5.41) is 6.00. The number of hydrogen-bond acceptors (Lipinski definition) is 8. The molecule has 32 heavy (non-hydrogen) atoms. The van der Waals surface area contributed by atoms with Crippen LogP contribution < -0.4 is 16.1 Å². The molecule has 0 unspecified atom stereocenters. The number of nitrogens with one attached hydrogen (secondary N) is 2. The van der Waals surface area contributed by atoms with E-state index in [-0.39, 0.29) is 10.2 Å². The molecule has 3 aromatic carbocycles. The molecule has 3 rings (SSSR count). The van der Waals surface area contributed by atoms with Crippen molar-refractivity contribution in [3.8, 4) is 0 Å². The topological polar surface area (TPSA) is 93.7 Å². The fourth-order valence-electron chi connectivity index (χ4n) is 3.39. The van der Waals surface area contributed by atoms with Crippen molar-refractivity contribution < 1.29 is 19.1 Å². The Morgan fingerprint density at radius 3 is 1.59 bits per heavy atom. The van der Waals surface area contributed by atoms with Crippen molar-refractivity contribution in [2.75, 3.05) is 24.9 Å². The third-order valence-electron chi connectivity index (χ3n) is 5.08. The van der Waals surface area contributed by atoms with E-state index < -0.39 is 29.5 Å². The third-order valence-corrected chi connectivity index (χ3v) is 5.47. The molecule has 0 aliphatic carbocycles. The molecule has 166 valence electrons. The zero-order valence-electron chi connectivity index (χ0n) is 17.8.